The summed E-state index contributed by atoms with van der Waals surface area (Å²) in [7, 11) is -2.42. The average molecular weight is 366 g/mol. The maximum Gasteiger partial charge on any atom is 0.260 e. The number of hydrogen-bond acceptors (Lipinski definition) is 5. The van der Waals surface area contributed by atoms with Gasteiger partial charge in [0.2, 0.25) is 5.91 Å². The number of rotatable bonds is 7. The van der Waals surface area contributed by atoms with Crippen molar-refractivity contribution in [2.75, 3.05) is 12.9 Å². The molecule has 8 heteroatoms. The van der Waals surface area contributed by atoms with E-state index in [0.717, 1.165) is 9.98 Å². The molecule has 1 N–H and O–H groups in total. The fraction of sp³-hybridized carbons (Fsp3) is 0.188. The highest BCUT2D eigenvalue weighted by Gasteiger charge is 2.26. The molecule has 0 spiro atoms. The summed E-state index contributed by atoms with van der Waals surface area (Å²) in [5.74, 6) is -0.0852. The van der Waals surface area contributed by atoms with Gasteiger partial charge in [-0.2, -0.15) is 12.6 Å². The molecule has 0 fully saturated rings. The number of sulfonamides is 1. The lowest BCUT2D eigenvalue weighted by Crippen LogP contribution is -2.46. The number of benzene rings is 2. The fourth-order valence-corrected chi connectivity index (χ4v) is 3.33. The first-order valence-corrected chi connectivity index (χ1v) is 9.15. The van der Waals surface area contributed by atoms with Crippen LogP contribution >= 0.6 is 12.6 Å². The van der Waals surface area contributed by atoms with Crippen molar-refractivity contribution in [1.82, 2.24) is 9.84 Å². The van der Waals surface area contributed by atoms with Gasteiger partial charge < -0.3 is 4.74 Å². The summed E-state index contributed by atoms with van der Waals surface area (Å²) in [6.07, 6.45) is 0. The molecule has 24 heavy (non-hydrogen) atoms. The molecule has 2 aromatic carbocycles. The number of ether oxygens (including phenoxy) is 1. The number of nitrogens with zero attached hydrogens (tertiary/aromatic N) is 1. The van der Waals surface area contributed by atoms with E-state index in [2.05, 4.69) is 18.1 Å². The van der Waals surface area contributed by atoms with Crippen molar-refractivity contribution in [3.63, 3.8) is 0 Å². The molecule has 2 aromatic rings. The Morgan fingerprint density at radius 2 is 1.75 bits per heavy atom. The molecule has 0 radical (unpaired) electrons. The van der Waals surface area contributed by atoms with Crippen LogP contribution in [0.3, 0.4) is 0 Å². The van der Waals surface area contributed by atoms with Crippen molar-refractivity contribution in [1.29, 1.82) is 0 Å². The molecular formula is C16H18N2O4S2. The van der Waals surface area contributed by atoms with E-state index in [0.29, 0.717) is 5.75 Å². The predicted octanol–water partition coefficient (Wildman–Crippen LogP) is 1.85. The largest absolute Gasteiger partial charge is 0.497 e. The van der Waals surface area contributed by atoms with Crippen LogP contribution in [0.4, 0.5) is 0 Å². The monoisotopic (exact) mass is 366 g/mol. The highest BCUT2D eigenvalue weighted by Crippen LogP contribution is 2.20. The van der Waals surface area contributed by atoms with E-state index in [9.17, 15) is 13.2 Å². The molecule has 1 amide bonds. The third kappa shape index (κ3) is 4.50. The molecule has 0 aliphatic heterocycles. The highest BCUT2D eigenvalue weighted by atomic mass is 32.2. The molecular weight excluding hydrogens is 348 g/mol. The minimum atomic E-state index is -3.92. The number of carbonyl (C=O) groups is 1. The van der Waals surface area contributed by atoms with Crippen LogP contribution in [0.25, 0.3) is 0 Å². The number of nitrogens with one attached hydrogen (secondary N) is 1. The lowest BCUT2D eigenvalue weighted by molar-refractivity contribution is -0.121. The Labute approximate surface area is 146 Å². The van der Waals surface area contributed by atoms with Crippen molar-refractivity contribution in [3.8, 4) is 5.75 Å². The van der Waals surface area contributed by atoms with Crippen LogP contribution in [0.15, 0.2) is 59.5 Å². The van der Waals surface area contributed by atoms with Gasteiger partial charge in [0, 0.05) is 0 Å². The number of hydrogen-bond donors (Lipinski definition) is 2. The van der Waals surface area contributed by atoms with Gasteiger partial charge in [-0.1, -0.05) is 30.3 Å². The SMILES string of the molecule is COc1ccc(S(=O)(=O)N(Cc2ccccc2)NC(=O)CS)cc1. The fourth-order valence-electron chi connectivity index (χ4n) is 1.98. The summed E-state index contributed by atoms with van der Waals surface area (Å²) < 4.78 is 31.6. The van der Waals surface area contributed by atoms with Gasteiger partial charge in [0.1, 0.15) is 5.75 Å². The van der Waals surface area contributed by atoms with Crippen molar-refractivity contribution in [2.45, 2.75) is 11.4 Å². The Bertz CT molecular complexity index is 777. The van der Waals surface area contributed by atoms with Crippen LogP contribution in [0.5, 0.6) is 5.75 Å². The van der Waals surface area contributed by atoms with Gasteiger partial charge in [-0.25, -0.2) is 8.42 Å². The number of thiol groups is 1. The summed E-state index contributed by atoms with van der Waals surface area (Å²) in [5, 5.41) is 0. The van der Waals surface area contributed by atoms with Gasteiger partial charge in [-0.05, 0) is 29.8 Å². The average Bonchev–Trinajstić information content (AvgIpc) is 2.62. The highest BCUT2D eigenvalue weighted by molar-refractivity contribution is 7.89. The van der Waals surface area contributed by atoms with Gasteiger partial charge in [0.25, 0.3) is 10.0 Å². The zero-order chi connectivity index (χ0) is 17.6. The van der Waals surface area contributed by atoms with Crippen molar-refractivity contribution < 1.29 is 17.9 Å². The van der Waals surface area contributed by atoms with E-state index < -0.39 is 15.9 Å². The van der Waals surface area contributed by atoms with E-state index >= 15 is 0 Å². The van der Waals surface area contributed by atoms with Crippen LogP contribution in [-0.4, -0.2) is 31.6 Å². The minimum Gasteiger partial charge on any atom is -0.497 e. The molecule has 0 atom stereocenters. The van der Waals surface area contributed by atoms with Crippen LogP contribution < -0.4 is 10.2 Å². The smallest absolute Gasteiger partial charge is 0.260 e. The van der Waals surface area contributed by atoms with E-state index in [4.69, 9.17) is 4.74 Å². The zero-order valence-electron chi connectivity index (χ0n) is 13.0. The summed E-state index contributed by atoms with van der Waals surface area (Å²) in [5.41, 5.74) is 3.13. The molecule has 0 bridgehead atoms. The van der Waals surface area contributed by atoms with E-state index in [1.165, 1.54) is 19.2 Å². The molecule has 0 saturated heterocycles. The second-order valence-corrected chi connectivity index (χ2v) is 7.04. The molecule has 6 nitrogen and oxygen atoms in total. The first kappa shape index (κ1) is 18.3. The lowest BCUT2D eigenvalue weighted by atomic mass is 10.2. The van der Waals surface area contributed by atoms with Gasteiger partial charge in [0.05, 0.1) is 24.3 Å². The molecule has 0 saturated carbocycles. The second kappa shape index (κ2) is 8.18. The third-order valence-corrected chi connectivity index (χ3v) is 5.17. The first-order valence-electron chi connectivity index (χ1n) is 7.08. The zero-order valence-corrected chi connectivity index (χ0v) is 14.8. The van der Waals surface area contributed by atoms with E-state index in [-0.39, 0.29) is 17.2 Å². The lowest BCUT2D eigenvalue weighted by Gasteiger charge is -2.22. The minimum absolute atomic E-state index is 0.00865. The van der Waals surface area contributed by atoms with E-state index in [1.807, 2.05) is 6.07 Å². The molecule has 0 heterocycles. The van der Waals surface area contributed by atoms with Crippen LogP contribution in [0, 0.1) is 0 Å². The van der Waals surface area contributed by atoms with Crippen molar-refractivity contribution in [2.24, 2.45) is 0 Å². The Morgan fingerprint density at radius 1 is 1.12 bits per heavy atom. The topological polar surface area (TPSA) is 75.7 Å². The summed E-state index contributed by atoms with van der Waals surface area (Å²) in [6.45, 7) is 0.00865. The maximum atomic E-state index is 12.8. The van der Waals surface area contributed by atoms with Crippen LogP contribution in [-0.2, 0) is 21.4 Å². The molecule has 128 valence electrons. The molecule has 0 aliphatic carbocycles. The summed E-state index contributed by atoms with van der Waals surface area (Å²) in [4.78, 5) is 11.7. The molecule has 0 aromatic heterocycles. The Kier molecular flexibility index (Phi) is 6.24. The number of hydrazine groups is 1. The third-order valence-electron chi connectivity index (χ3n) is 3.21. The maximum absolute atomic E-state index is 12.8. The van der Waals surface area contributed by atoms with Gasteiger partial charge >= 0.3 is 0 Å². The number of methoxy groups -OCH3 is 1. The van der Waals surface area contributed by atoms with Gasteiger partial charge in [-0.15, -0.1) is 4.41 Å². The van der Waals surface area contributed by atoms with E-state index in [1.54, 1.807) is 36.4 Å². The predicted molar refractivity (Wildman–Crippen MR) is 94.2 cm³/mol. The Morgan fingerprint density at radius 3 is 2.29 bits per heavy atom. The van der Waals surface area contributed by atoms with Crippen LogP contribution in [0.1, 0.15) is 5.56 Å². The normalized spacial score (nSPS) is 11.3. The first-order chi connectivity index (χ1) is 11.5. The molecule has 2 rings (SSSR count). The van der Waals surface area contributed by atoms with Gasteiger partial charge in [0.15, 0.2) is 0 Å². The molecule has 0 aliphatic rings. The van der Waals surface area contributed by atoms with Crippen LogP contribution in [0.2, 0.25) is 0 Å². The number of amides is 1. The Hall–Kier alpha value is -2.03. The van der Waals surface area contributed by atoms with Crippen molar-refractivity contribution >= 4 is 28.6 Å². The standard InChI is InChI=1S/C16H18N2O4S2/c1-22-14-7-9-15(10-8-14)24(20,21)18(17-16(19)12-23)11-13-5-3-2-4-6-13/h2-10,23H,11-12H2,1H3,(H,17,19). The summed E-state index contributed by atoms with van der Waals surface area (Å²) in [6, 6.07) is 15.0. The molecule has 0 unspecified atom stereocenters. The number of carbonyl (C=O) groups excluding carboxylic acids is 1. The second-order valence-electron chi connectivity index (χ2n) is 4.87. The quantitative estimate of drug-likeness (QED) is 0.579. The summed E-state index contributed by atoms with van der Waals surface area (Å²) >= 11 is 3.88. The van der Waals surface area contributed by atoms with Crippen molar-refractivity contribution in [3.05, 3.63) is 60.2 Å². The van der Waals surface area contributed by atoms with Gasteiger partial charge in [-0.3, -0.25) is 10.2 Å². The Balaban J connectivity index is 2.34.